The molecule has 0 aliphatic carbocycles. The van der Waals surface area contributed by atoms with Crippen LogP contribution in [0.2, 0.25) is 0 Å². The Bertz CT molecular complexity index is 604. The van der Waals surface area contributed by atoms with E-state index in [4.69, 9.17) is 4.74 Å². The van der Waals surface area contributed by atoms with Gasteiger partial charge in [0.15, 0.2) is 0 Å². The highest BCUT2D eigenvalue weighted by Crippen LogP contribution is 2.26. The average molecular weight is 342 g/mol. The van der Waals surface area contributed by atoms with Crippen LogP contribution in [0.15, 0.2) is 40.9 Å². The first kappa shape index (κ1) is 14.9. The van der Waals surface area contributed by atoms with E-state index in [1.807, 2.05) is 7.05 Å². The zero-order valence-electron chi connectivity index (χ0n) is 10.9. The van der Waals surface area contributed by atoms with E-state index in [1.165, 1.54) is 18.2 Å². The van der Waals surface area contributed by atoms with E-state index in [9.17, 15) is 8.78 Å². The average Bonchev–Trinajstić information content (AvgIpc) is 2.43. The molecule has 0 saturated carbocycles. The number of nitrogens with one attached hydrogen (secondary N) is 1. The first-order valence-corrected chi connectivity index (χ1v) is 6.89. The van der Waals surface area contributed by atoms with Crippen molar-refractivity contribution in [2.75, 3.05) is 7.05 Å². The van der Waals surface area contributed by atoms with Crippen LogP contribution in [0.25, 0.3) is 0 Å². The summed E-state index contributed by atoms with van der Waals surface area (Å²) in [7, 11) is 1.82. The molecule has 2 aromatic rings. The van der Waals surface area contributed by atoms with Crippen LogP contribution in [0.3, 0.4) is 0 Å². The first-order valence-electron chi connectivity index (χ1n) is 6.10. The molecule has 0 saturated heterocycles. The summed E-state index contributed by atoms with van der Waals surface area (Å²) in [5.74, 6) is -0.381. The third-order valence-corrected chi connectivity index (χ3v) is 3.42. The Morgan fingerprint density at radius 2 is 1.95 bits per heavy atom. The van der Waals surface area contributed by atoms with Crippen molar-refractivity contribution < 1.29 is 13.5 Å². The minimum Gasteiger partial charge on any atom is -0.488 e. The zero-order valence-corrected chi connectivity index (χ0v) is 12.5. The Labute approximate surface area is 124 Å². The molecule has 1 N–H and O–H groups in total. The second-order valence-corrected chi connectivity index (χ2v) is 5.17. The molecule has 2 aromatic carbocycles. The molecule has 0 aromatic heterocycles. The van der Waals surface area contributed by atoms with Crippen LogP contribution in [0, 0.1) is 11.6 Å². The van der Waals surface area contributed by atoms with Crippen molar-refractivity contribution in [2.24, 2.45) is 0 Å². The maximum Gasteiger partial charge on any atom is 0.136 e. The highest BCUT2D eigenvalue weighted by atomic mass is 79.9. The molecule has 0 amide bonds. The number of rotatable bonds is 5. The van der Waals surface area contributed by atoms with Gasteiger partial charge >= 0.3 is 0 Å². The summed E-state index contributed by atoms with van der Waals surface area (Å²) in [5, 5.41) is 3.00. The Kier molecular flexibility index (Phi) is 5.09. The molecule has 2 rings (SSSR count). The van der Waals surface area contributed by atoms with Gasteiger partial charge in [-0.1, -0.05) is 6.07 Å². The van der Waals surface area contributed by atoms with Crippen LogP contribution in [0.5, 0.6) is 5.75 Å². The number of hydrogen-bond acceptors (Lipinski definition) is 2. The van der Waals surface area contributed by atoms with Gasteiger partial charge in [0.25, 0.3) is 0 Å². The monoisotopic (exact) mass is 341 g/mol. The number of benzene rings is 2. The minimum absolute atomic E-state index is 0.0471. The van der Waals surface area contributed by atoms with Gasteiger partial charge < -0.3 is 10.1 Å². The fourth-order valence-corrected chi connectivity index (χ4v) is 2.16. The summed E-state index contributed by atoms with van der Waals surface area (Å²) in [6.07, 6.45) is 0. The maximum absolute atomic E-state index is 13.7. The van der Waals surface area contributed by atoms with Crippen LogP contribution < -0.4 is 10.1 Å². The normalized spacial score (nSPS) is 10.6. The summed E-state index contributed by atoms with van der Waals surface area (Å²) in [5.41, 5.74) is 1.40. The third kappa shape index (κ3) is 3.77. The molecule has 0 fully saturated rings. The SMILES string of the molecule is CNCc1ccc(F)c(COc2cc(F)ccc2Br)c1. The van der Waals surface area contributed by atoms with Crippen molar-refractivity contribution in [3.8, 4) is 5.75 Å². The molecule has 0 atom stereocenters. The highest BCUT2D eigenvalue weighted by molar-refractivity contribution is 9.10. The summed E-state index contributed by atoms with van der Waals surface area (Å²) in [6.45, 7) is 0.697. The fourth-order valence-electron chi connectivity index (χ4n) is 1.80. The van der Waals surface area contributed by atoms with E-state index in [1.54, 1.807) is 18.2 Å². The van der Waals surface area contributed by atoms with Crippen LogP contribution in [-0.4, -0.2) is 7.05 Å². The van der Waals surface area contributed by atoms with Crippen LogP contribution in [0.1, 0.15) is 11.1 Å². The van der Waals surface area contributed by atoms with Gasteiger partial charge in [0.1, 0.15) is 24.0 Å². The zero-order chi connectivity index (χ0) is 14.5. The summed E-state index contributed by atoms with van der Waals surface area (Å²) in [4.78, 5) is 0. The molecular weight excluding hydrogens is 328 g/mol. The lowest BCUT2D eigenvalue weighted by molar-refractivity contribution is 0.296. The molecule has 0 bridgehead atoms. The highest BCUT2D eigenvalue weighted by Gasteiger charge is 2.07. The number of ether oxygens (including phenoxy) is 1. The quantitative estimate of drug-likeness (QED) is 0.886. The van der Waals surface area contributed by atoms with Crippen LogP contribution in [-0.2, 0) is 13.2 Å². The molecule has 0 unspecified atom stereocenters. The molecule has 5 heteroatoms. The van der Waals surface area contributed by atoms with E-state index in [2.05, 4.69) is 21.2 Å². The van der Waals surface area contributed by atoms with Gasteiger partial charge in [-0.25, -0.2) is 8.78 Å². The molecule has 0 aliphatic rings. The van der Waals surface area contributed by atoms with Crippen molar-refractivity contribution in [1.82, 2.24) is 5.32 Å². The Hall–Kier alpha value is -1.46. The van der Waals surface area contributed by atoms with Crippen molar-refractivity contribution in [3.63, 3.8) is 0 Å². The number of halogens is 3. The lowest BCUT2D eigenvalue weighted by atomic mass is 10.1. The largest absolute Gasteiger partial charge is 0.488 e. The number of hydrogen-bond donors (Lipinski definition) is 1. The lowest BCUT2D eigenvalue weighted by Crippen LogP contribution is -2.07. The lowest BCUT2D eigenvalue weighted by Gasteiger charge is -2.10. The van der Waals surface area contributed by atoms with Gasteiger partial charge in [0, 0.05) is 18.2 Å². The van der Waals surface area contributed by atoms with E-state index < -0.39 is 5.82 Å². The summed E-state index contributed by atoms with van der Waals surface area (Å²) >= 11 is 3.27. The summed E-state index contributed by atoms with van der Waals surface area (Å²) in [6, 6.07) is 9.00. The van der Waals surface area contributed by atoms with Gasteiger partial charge in [-0.3, -0.25) is 0 Å². The maximum atomic E-state index is 13.7. The second-order valence-electron chi connectivity index (χ2n) is 4.32. The molecule has 20 heavy (non-hydrogen) atoms. The first-order chi connectivity index (χ1) is 9.60. The molecule has 106 valence electrons. The second kappa shape index (κ2) is 6.81. The molecule has 0 spiro atoms. The molecule has 0 heterocycles. The predicted molar refractivity (Wildman–Crippen MR) is 77.6 cm³/mol. The van der Waals surface area contributed by atoms with E-state index in [-0.39, 0.29) is 12.4 Å². The smallest absolute Gasteiger partial charge is 0.136 e. The Balaban J connectivity index is 2.13. The van der Waals surface area contributed by atoms with Crippen molar-refractivity contribution in [1.29, 1.82) is 0 Å². The topological polar surface area (TPSA) is 21.3 Å². The minimum atomic E-state index is -0.396. The fraction of sp³-hybridized carbons (Fsp3) is 0.200. The molecule has 2 nitrogen and oxygen atoms in total. The van der Waals surface area contributed by atoms with E-state index in [0.29, 0.717) is 22.3 Å². The predicted octanol–water partition coefficient (Wildman–Crippen LogP) is 4.03. The standard InChI is InChI=1S/C15H14BrF2NO/c1-19-8-10-2-5-14(18)11(6-10)9-20-15-7-12(17)3-4-13(15)16/h2-7,19H,8-9H2,1H3. The van der Waals surface area contributed by atoms with Gasteiger partial charge in [-0.15, -0.1) is 0 Å². The summed E-state index contributed by atoms with van der Waals surface area (Å²) < 4.78 is 32.9. The van der Waals surface area contributed by atoms with E-state index >= 15 is 0 Å². The van der Waals surface area contributed by atoms with Crippen molar-refractivity contribution >= 4 is 15.9 Å². The molecule has 0 radical (unpaired) electrons. The van der Waals surface area contributed by atoms with Gasteiger partial charge in [0.2, 0.25) is 0 Å². The van der Waals surface area contributed by atoms with Gasteiger partial charge in [0.05, 0.1) is 4.47 Å². The van der Waals surface area contributed by atoms with E-state index in [0.717, 1.165) is 5.56 Å². The third-order valence-electron chi connectivity index (χ3n) is 2.77. The Morgan fingerprint density at radius 3 is 2.70 bits per heavy atom. The van der Waals surface area contributed by atoms with Gasteiger partial charge in [-0.2, -0.15) is 0 Å². The van der Waals surface area contributed by atoms with Crippen molar-refractivity contribution in [3.05, 3.63) is 63.6 Å². The van der Waals surface area contributed by atoms with Gasteiger partial charge in [-0.05, 0) is 52.8 Å². The Morgan fingerprint density at radius 1 is 1.15 bits per heavy atom. The van der Waals surface area contributed by atoms with Crippen molar-refractivity contribution in [2.45, 2.75) is 13.2 Å². The molecule has 0 aliphatic heterocycles. The van der Waals surface area contributed by atoms with Crippen LogP contribution >= 0.6 is 15.9 Å². The molecular formula is C15H14BrF2NO. The van der Waals surface area contributed by atoms with Crippen LogP contribution in [0.4, 0.5) is 8.78 Å².